The van der Waals surface area contributed by atoms with E-state index >= 15 is 0 Å². The Morgan fingerprint density at radius 1 is 1.31 bits per heavy atom. The molecule has 16 heavy (non-hydrogen) atoms. The Labute approximate surface area is 104 Å². The van der Waals surface area contributed by atoms with E-state index < -0.39 is 0 Å². The molecule has 1 saturated heterocycles. The SMILES string of the molecule is CC(C)(C)OC(=O)[C@H]1C[C@@H]2CCC[C@H]2N1.Cl. The molecule has 0 aromatic carbocycles. The fraction of sp³-hybridized carbons (Fsp3) is 0.917. The van der Waals surface area contributed by atoms with Gasteiger partial charge in [-0.15, -0.1) is 12.4 Å². The molecule has 0 radical (unpaired) electrons. The van der Waals surface area contributed by atoms with Gasteiger partial charge in [0.2, 0.25) is 0 Å². The van der Waals surface area contributed by atoms with Crippen LogP contribution in [-0.2, 0) is 9.53 Å². The van der Waals surface area contributed by atoms with Gasteiger partial charge in [0.05, 0.1) is 0 Å². The second-order valence-electron chi connectivity index (χ2n) is 5.79. The minimum Gasteiger partial charge on any atom is -0.459 e. The first-order valence-corrected chi connectivity index (χ1v) is 5.94. The number of ether oxygens (including phenoxy) is 1. The quantitative estimate of drug-likeness (QED) is 0.723. The molecular formula is C12H22ClNO2. The predicted molar refractivity (Wildman–Crippen MR) is 65.8 cm³/mol. The van der Waals surface area contributed by atoms with Crippen molar-refractivity contribution < 1.29 is 9.53 Å². The molecule has 3 atom stereocenters. The van der Waals surface area contributed by atoms with Gasteiger partial charge in [0, 0.05) is 6.04 Å². The molecule has 0 bridgehead atoms. The molecule has 4 heteroatoms. The Balaban J connectivity index is 0.00000128. The van der Waals surface area contributed by atoms with Gasteiger partial charge in [-0.1, -0.05) is 6.42 Å². The van der Waals surface area contributed by atoms with E-state index in [-0.39, 0.29) is 30.0 Å². The number of hydrogen-bond donors (Lipinski definition) is 1. The molecule has 1 saturated carbocycles. The van der Waals surface area contributed by atoms with Gasteiger partial charge in [-0.3, -0.25) is 4.79 Å². The molecule has 2 rings (SSSR count). The number of carbonyl (C=O) groups is 1. The Kier molecular flexibility index (Phi) is 4.24. The highest BCUT2D eigenvalue weighted by Gasteiger charge is 2.41. The van der Waals surface area contributed by atoms with Crippen molar-refractivity contribution >= 4 is 18.4 Å². The zero-order chi connectivity index (χ0) is 11.1. The van der Waals surface area contributed by atoms with Crippen LogP contribution in [0.3, 0.4) is 0 Å². The fourth-order valence-corrected chi connectivity index (χ4v) is 2.70. The zero-order valence-electron chi connectivity index (χ0n) is 10.3. The highest BCUT2D eigenvalue weighted by atomic mass is 35.5. The van der Waals surface area contributed by atoms with Gasteiger partial charge in [-0.25, -0.2) is 0 Å². The average molecular weight is 248 g/mol. The van der Waals surface area contributed by atoms with Crippen molar-refractivity contribution in [3.63, 3.8) is 0 Å². The van der Waals surface area contributed by atoms with Gasteiger partial charge in [-0.05, 0) is 46.0 Å². The lowest BCUT2D eigenvalue weighted by Gasteiger charge is -2.22. The first kappa shape index (κ1) is 13.8. The monoisotopic (exact) mass is 247 g/mol. The van der Waals surface area contributed by atoms with E-state index in [4.69, 9.17) is 4.74 Å². The van der Waals surface area contributed by atoms with Gasteiger partial charge < -0.3 is 10.1 Å². The van der Waals surface area contributed by atoms with Gasteiger partial charge in [0.25, 0.3) is 0 Å². The summed E-state index contributed by atoms with van der Waals surface area (Å²) in [5.74, 6) is 0.638. The van der Waals surface area contributed by atoms with Gasteiger partial charge in [-0.2, -0.15) is 0 Å². The average Bonchev–Trinajstić information content (AvgIpc) is 2.56. The second kappa shape index (κ2) is 4.92. The number of hydrogen-bond acceptors (Lipinski definition) is 3. The van der Waals surface area contributed by atoms with Crippen molar-refractivity contribution in [2.75, 3.05) is 0 Å². The van der Waals surface area contributed by atoms with Crippen LogP contribution in [0, 0.1) is 5.92 Å². The second-order valence-corrected chi connectivity index (χ2v) is 5.79. The van der Waals surface area contributed by atoms with E-state index in [1.54, 1.807) is 0 Å². The summed E-state index contributed by atoms with van der Waals surface area (Å²) in [6.45, 7) is 5.75. The van der Waals surface area contributed by atoms with Crippen LogP contribution in [0.15, 0.2) is 0 Å². The van der Waals surface area contributed by atoms with E-state index in [1.807, 2.05) is 20.8 Å². The number of esters is 1. The Hall–Kier alpha value is -0.280. The third-order valence-electron chi connectivity index (χ3n) is 3.30. The molecule has 2 aliphatic rings. The lowest BCUT2D eigenvalue weighted by atomic mass is 10.0. The summed E-state index contributed by atoms with van der Waals surface area (Å²) in [6, 6.07) is 0.516. The van der Waals surface area contributed by atoms with Crippen LogP contribution in [0.2, 0.25) is 0 Å². The van der Waals surface area contributed by atoms with Gasteiger partial charge >= 0.3 is 5.97 Å². The van der Waals surface area contributed by atoms with E-state index in [0.29, 0.717) is 12.0 Å². The van der Waals surface area contributed by atoms with E-state index in [9.17, 15) is 4.79 Å². The molecule has 0 amide bonds. The van der Waals surface area contributed by atoms with Crippen LogP contribution in [-0.4, -0.2) is 23.7 Å². The molecule has 1 N–H and O–H groups in total. The number of rotatable bonds is 1. The van der Waals surface area contributed by atoms with Crippen LogP contribution < -0.4 is 5.32 Å². The van der Waals surface area contributed by atoms with E-state index in [0.717, 1.165) is 6.42 Å². The normalized spacial score (nSPS) is 33.1. The van der Waals surface area contributed by atoms with Crippen LogP contribution >= 0.6 is 12.4 Å². The summed E-state index contributed by atoms with van der Waals surface area (Å²) >= 11 is 0. The summed E-state index contributed by atoms with van der Waals surface area (Å²) in [5, 5.41) is 3.40. The predicted octanol–water partition coefficient (Wildman–Crippen LogP) is 2.28. The molecule has 1 heterocycles. The molecule has 1 aliphatic carbocycles. The smallest absolute Gasteiger partial charge is 0.323 e. The molecule has 0 aromatic heterocycles. The third-order valence-corrected chi connectivity index (χ3v) is 3.30. The first-order valence-electron chi connectivity index (χ1n) is 5.94. The van der Waals surface area contributed by atoms with Crippen molar-refractivity contribution in [3.05, 3.63) is 0 Å². The largest absolute Gasteiger partial charge is 0.459 e. The maximum atomic E-state index is 11.8. The number of carbonyl (C=O) groups excluding carboxylic acids is 1. The summed E-state index contributed by atoms with van der Waals surface area (Å²) in [7, 11) is 0. The van der Waals surface area contributed by atoms with Gasteiger partial charge in [0.15, 0.2) is 0 Å². The van der Waals surface area contributed by atoms with E-state index in [1.165, 1.54) is 19.3 Å². The Bertz CT molecular complexity index is 250. The molecule has 1 aliphatic heterocycles. The Morgan fingerprint density at radius 2 is 2.00 bits per heavy atom. The number of halogens is 1. The maximum Gasteiger partial charge on any atom is 0.323 e. The highest BCUT2D eigenvalue weighted by molar-refractivity contribution is 5.85. The first-order chi connectivity index (χ1) is 6.96. The van der Waals surface area contributed by atoms with Crippen LogP contribution in [0.5, 0.6) is 0 Å². The third kappa shape index (κ3) is 3.11. The Morgan fingerprint density at radius 3 is 2.56 bits per heavy atom. The molecular weight excluding hydrogens is 226 g/mol. The van der Waals surface area contributed by atoms with Gasteiger partial charge in [0.1, 0.15) is 11.6 Å². The van der Waals surface area contributed by atoms with Crippen molar-refractivity contribution in [2.24, 2.45) is 5.92 Å². The maximum absolute atomic E-state index is 11.8. The number of nitrogens with one attached hydrogen (secondary N) is 1. The molecule has 0 unspecified atom stereocenters. The lowest BCUT2D eigenvalue weighted by molar-refractivity contribution is -0.157. The summed E-state index contributed by atoms with van der Waals surface area (Å²) in [6.07, 6.45) is 4.78. The highest BCUT2D eigenvalue weighted by Crippen LogP contribution is 2.35. The molecule has 2 fully saturated rings. The van der Waals surface area contributed by atoms with Crippen LogP contribution in [0.1, 0.15) is 46.5 Å². The minimum atomic E-state index is -0.365. The van der Waals surface area contributed by atoms with Crippen molar-refractivity contribution in [1.29, 1.82) is 0 Å². The summed E-state index contributed by atoms with van der Waals surface area (Å²) in [5.41, 5.74) is -0.365. The molecule has 0 aromatic rings. The lowest BCUT2D eigenvalue weighted by Crippen LogP contribution is -2.39. The molecule has 0 spiro atoms. The van der Waals surface area contributed by atoms with Crippen molar-refractivity contribution in [3.8, 4) is 0 Å². The van der Waals surface area contributed by atoms with Crippen molar-refractivity contribution in [1.82, 2.24) is 5.32 Å². The van der Waals surface area contributed by atoms with Crippen LogP contribution in [0.4, 0.5) is 0 Å². The number of fused-ring (bicyclic) bond motifs is 1. The standard InChI is InChI=1S/C12H21NO2.ClH/c1-12(2,3)15-11(14)10-7-8-5-4-6-9(8)13-10;/h8-10,13H,4-7H2,1-3H3;1H/t8-,9+,10+;/m0./s1. The van der Waals surface area contributed by atoms with Crippen LogP contribution in [0.25, 0.3) is 0 Å². The molecule has 3 nitrogen and oxygen atoms in total. The van der Waals surface area contributed by atoms with E-state index in [2.05, 4.69) is 5.32 Å². The minimum absolute atomic E-state index is 0. The van der Waals surface area contributed by atoms with Crippen molar-refractivity contribution in [2.45, 2.75) is 64.1 Å². The zero-order valence-corrected chi connectivity index (χ0v) is 11.1. The fourth-order valence-electron chi connectivity index (χ4n) is 2.70. The topological polar surface area (TPSA) is 38.3 Å². The molecule has 94 valence electrons. The summed E-state index contributed by atoms with van der Waals surface area (Å²) < 4.78 is 5.39. The summed E-state index contributed by atoms with van der Waals surface area (Å²) in [4.78, 5) is 11.8.